The molecule has 0 saturated heterocycles. The van der Waals surface area contributed by atoms with Gasteiger partial charge in [0.05, 0.1) is 33.4 Å². The van der Waals surface area contributed by atoms with Gasteiger partial charge in [0.15, 0.2) is 0 Å². The van der Waals surface area contributed by atoms with E-state index >= 15 is 0 Å². The van der Waals surface area contributed by atoms with Crippen LogP contribution in [0.4, 0.5) is 5.69 Å². The maximum Gasteiger partial charge on any atom is 0.264 e. The third kappa shape index (κ3) is 7.05. The second-order valence-corrected chi connectivity index (χ2v) is 12.2. The molecule has 8 nitrogen and oxygen atoms in total. The van der Waals surface area contributed by atoms with Crippen molar-refractivity contribution in [3.8, 4) is 0 Å². The van der Waals surface area contributed by atoms with E-state index in [2.05, 4.69) is 33.0 Å². The van der Waals surface area contributed by atoms with Gasteiger partial charge in [0.25, 0.3) is 21.9 Å². The largest absolute Gasteiger partial charge is 0.371 e. The first-order valence-corrected chi connectivity index (χ1v) is 14.5. The Bertz CT molecular complexity index is 1180. The van der Waals surface area contributed by atoms with E-state index in [0.717, 1.165) is 60.8 Å². The van der Waals surface area contributed by atoms with Crippen LogP contribution in [-0.2, 0) is 10.1 Å². The van der Waals surface area contributed by atoms with Crippen LogP contribution < -0.4 is 4.90 Å². The smallest absolute Gasteiger partial charge is 0.264 e. The van der Waals surface area contributed by atoms with E-state index in [4.69, 9.17) is 0 Å². The van der Waals surface area contributed by atoms with Crippen molar-refractivity contribution in [3.63, 3.8) is 0 Å². The standard InChI is InChI=1S/C27H39N3O5S/c1-5-6-7-8-16-28(17-11-20-36(33,34)35)24-15-14-23-25-21(24)12-9-13-22(25)26(31)29(27(23)32)18-10-19-30(2,3)4/h9,12-15H,5-8,10-11,16-20H2,1-4H3/p+1. The van der Waals surface area contributed by atoms with Gasteiger partial charge in [0.1, 0.15) is 0 Å². The number of rotatable bonds is 14. The van der Waals surface area contributed by atoms with Crippen molar-refractivity contribution in [2.75, 3.05) is 58.0 Å². The van der Waals surface area contributed by atoms with Crippen LogP contribution in [0, 0.1) is 0 Å². The molecule has 2 aromatic carbocycles. The lowest BCUT2D eigenvalue weighted by Gasteiger charge is -2.31. The molecule has 0 aliphatic carbocycles. The molecule has 1 N–H and O–H groups in total. The molecule has 0 saturated carbocycles. The highest BCUT2D eigenvalue weighted by molar-refractivity contribution is 7.85. The van der Waals surface area contributed by atoms with Gasteiger partial charge in [-0.25, -0.2) is 0 Å². The molecule has 0 spiro atoms. The fraction of sp³-hybridized carbons (Fsp3) is 0.556. The quantitative estimate of drug-likeness (QED) is 0.174. The van der Waals surface area contributed by atoms with Crippen LogP contribution >= 0.6 is 0 Å². The summed E-state index contributed by atoms with van der Waals surface area (Å²) < 4.78 is 32.5. The SMILES string of the molecule is CCCCCCN(CCCS(=O)(=O)O)c1ccc2c3c(cccc13)C(=O)N(CCC[N+](C)(C)C)C2=O. The van der Waals surface area contributed by atoms with Crippen molar-refractivity contribution in [3.05, 3.63) is 41.5 Å². The average molecular weight is 519 g/mol. The van der Waals surface area contributed by atoms with Crippen LogP contribution in [0.25, 0.3) is 10.8 Å². The molecule has 198 valence electrons. The predicted octanol–water partition coefficient (Wildman–Crippen LogP) is 4.20. The number of imide groups is 1. The number of anilines is 1. The summed E-state index contributed by atoms with van der Waals surface area (Å²) in [5.74, 6) is -0.839. The maximum atomic E-state index is 13.4. The van der Waals surface area contributed by atoms with Gasteiger partial charge in [-0.3, -0.25) is 19.0 Å². The Labute approximate surface area is 215 Å². The van der Waals surface area contributed by atoms with Crippen LogP contribution in [0.15, 0.2) is 30.3 Å². The minimum Gasteiger partial charge on any atom is -0.371 e. The van der Waals surface area contributed by atoms with Gasteiger partial charge >= 0.3 is 0 Å². The number of quaternary nitrogens is 1. The molecule has 3 rings (SSSR count). The Morgan fingerprint density at radius 1 is 0.889 bits per heavy atom. The number of unbranched alkanes of at least 4 members (excludes halogenated alkanes) is 3. The maximum absolute atomic E-state index is 13.4. The minimum atomic E-state index is -4.04. The third-order valence-electron chi connectivity index (χ3n) is 6.63. The van der Waals surface area contributed by atoms with E-state index in [1.807, 2.05) is 18.2 Å². The highest BCUT2D eigenvalue weighted by atomic mass is 32.2. The Morgan fingerprint density at radius 2 is 1.56 bits per heavy atom. The molecule has 9 heteroatoms. The molecule has 36 heavy (non-hydrogen) atoms. The highest BCUT2D eigenvalue weighted by Gasteiger charge is 2.33. The zero-order valence-corrected chi connectivity index (χ0v) is 22.8. The van der Waals surface area contributed by atoms with Crippen LogP contribution in [0.3, 0.4) is 0 Å². The second kappa shape index (κ2) is 11.7. The summed E-state index contributed by atoms with van der Waals surface area (Å²) in [7, 11) is 2.21. The van der Waals surface area contributed by atoms with Crippen molar-refractivity contribution in [1.82, 2.24) is 4.90 Å². The van der Waals surface area contributed by atoms with E-state index in [1.54, 1.807) is 12.1 Å². The average Bonchev–Trinajstić information content (AvgIpc) is 2.79. The molecule has 1 aliphatic rings. The van der Waals surface area contributed by atoms with E-state index < -0.39 is 10.1 Å². The second-order valence-electron chi connectivity index (χ2n) is 10.7. The summed E-state index contributed by atoms with van der Waals surface area (Å²) in [5, 5.41) is 1.49. The summed E-state index contributed by atoms with van der Waals surface area (Å²) >= 11 is 0. The Morgan fingerprint density at radius 3 is 2.19 bits per heavy atom. The molecule has 2 aromatic rings. The molecule has 0 aromatic heterocycles. The Balaban J connectivity index is 1.93. The molecule has 0 fully saturated rings. The fourth-order valence-corrected chi connectivity index (χ4v) is 5.33. The van der Waals surface area contributed by atoms with Gasteiger partial charge in [0.2, 0.25) is 0 Å². The minimum absolute atomic E-state index is 0.266. The summed E-state index contributed by atoms with van der Waals surface area (Å²) in [6.45, 7) is 4.55. The van der Waals surface area contributed by atoms with Gasteiger partial charge in [0, 0.05) is 53.6 Å². The van der Waals surface area contributed by atoms with Crippen molar-refractivity contribution >= 4 is 38.4 Å². The first-order chi connectivity index (χ1) is 16.9. The molecule has 1 heterocycles. The number of nitrogens with zero attached hydrogens (tertiary/aromatic N) is 3. The van der Waals surface area contributed by atoms with Crippen LogP contribution in [-0.4, -0.2) is 87.2 Å². The van der Waals surface area contributed by atoms with E-state index in [0.29, 0.717) is 29.6 Å². The van der Waals surface area contributed by atoms with Gasteiger partial charge in [-0.05, 0) is 31.0 Å². The Kier molecular flexibility index (Phi) is 9.13. The zero-order valence-electron chi connectivity index (χ0n) is 22.0. The van der Waals surface area contributed by atoms with Crippen molar-refractivity contribution in [1.29, 1.82) is 0 Å². The summed E-state index contributed by atoms with van der Waals surface area (Å²) in [5.41, 5.74) is 1.93. The summed E-state index contributed by atoms with van der Waals surface area (Å²) in [4.78, 5) is 30.2. The first kappa shape index (κ1) is 28.1. The first-order valence-electron chi connectivity index (χ1n) is 12.9. The summed E-state index contributed by atoms with van der Waals surface area (Å²) in [6.07, 6.45) is 5.25. The summed E-state index contributed by atoms with van der Waals surface area (Å²) in [6, 6.07) is 9.25. The number of hydrogen-bond donors (Lipinski definition) is 1. The molecule has 0 atom stereocenters. The van der Waals surface area contributed by atoms with Crippen LogP contribution in [0.1, 0.15) is 66.2 Å². The van der Waals surface area contributed by atoms with Crippen LogP contribution in [0.2, 0.25) is 0 Å². The lowest BCUT2D eigenvalue weighted by atomic mass is 9.92. The molecule has 0 bridgehead atoms. The van der Waals surface area contributed by atoms with Gasteiger partial charge in [-0.2, -0.15) is 8.42 Å². The number of benzene rings is 2. The Hall–Kier alpha value is -2.49. The molecule has 1 aliphatic heterocycles. The molecular formula is C27H40N3O5S+. The fourth-order valence-electron chi connectivity index (χ4n) is 4.83. The number of carbonyl (C=O) groups excluding carboxylic acids is 2. The van der Waals surface area contributed by atoms with Crippen molar-refractivity contribution in [2.45, 2.75) is 45.4 Å². The number of hydrogen-bond acceptors (Lipinski definition) is 5. The van der Waals surface area contributed by atoms with Gasteiger partial charge in [-0.1, -0.05) is 38.3 Å². The van der Waals surface area contributed by atoms with E-state index in [9.17, 15) is 22.6 Å². The number of amides is 2. The molecule has 0 radical (unpaired) electrons. The molecule has 0 unspecified atom stereocenters. The van der Waals surface area contributed by atoms with E-state index in [-0.39, 0.29) is 24.0 Å². The number of carbonyl (C=O) groups is 2. The normalized spacial score (nSPS) is 14.1. The van der Waals surface area contributed by atoms with Crippen molar-refractivity contribution in [2.24, 2.45) is 0 Å². The van der Waals surface area contributed by atoms with Crippen molar-refractivity contribution < 1.29 is 27.0 Å². The van der Waals surface area contributed by atoms with Crippen LogP contribution in [0.5, 0.6) is 0 Å². The van der Waals surface area contributed by atoms with Gasteiger partial charge in [-0.15, -0.1) is 0 Å². The third-order valence-corrected chi connectivity index (χ3v) is 7.44. The van der Waals surface area contributed by atoms with Gasteiger partial charge < -0.3 is 9.38 Å². The highest BCUT2D eigenvalue weighted by Crippen LogP contribution is 2.36. The topological polar surface area (TPSA) is 95.0 Å². The predicted molar refractivity (Wildman–Crippen MR) is 144 cm³/mol. The molecular weight excluding hydrogens is 478 g/mol. The lowest BCUT2D eigenvalue weighted by Crippen LogP contribution is -2.43. The molecule has 2 amide bonds. The monoisotopic (exact) mass is 518 g/mol. The lowest BCUT2D eigenvalue weighted by molar-refractivity contribution is -0.870. The van der Waals surface area contributed by atoms with E-state index in [1.165, 1.54) is 4.90 Å². The zero-order chi connectivity index (χ0) is 26.5.